The van der Waals surface area contributed by atoms with Crippen LogP contribution in [0, 0.1) is 0 Å². The average molecular weight is 1520 g/mol. The van der Waals surface area contributed by atoms with E-state index in [9.17, 15) is 14.4 Å². The third kappa shape index (κ3) is 20.5. The van der Waals surface area contributed by atoms with Crippen LogP contribution in [0.2, 0.25) is 10.0 Å². The number of nitrogens with zero attached hydrogens (tertiary/aromatic N) is 13. The molecule has 576 valence electrons. The van der Waals surface area contributed by atoms with E-state index in [4.69, 9.17) is 33.2 Å². The fraction of sp³-hybridized carbons (Fsp3) is 0.409. The molecule has 3 aliphatic heterocycles. The Kier molecular flexibility index (Phi) is 28.4. The molecule has 2 aliphatic carbocycles. The molecule has 0 bridgehead atoms. The molecule has 8 heterocycles. The summed E-state index contributed by atoms with van der Waals surface area (Å²) in [6.45, 7) is 19.8. The predicted octanol–water partition coefficient (Wildman–Crippen LogP) is 11.6. The van der Waals surface area contributed by atoms with Crippen molar-refractivity contribution in [3.8, 4) is 0 Å². The number of carbonyl (C=O) groups excluding carboxylic acids is 3. The minimum atomic E-state index is -0.298. The van der Waals surface area contributed by atoms with Crippen molar-refractivity contribution in [2.75, 3.05) is 78.5 Å². The first-order chi connectivity index (χ1) is 54.0. The minimum absolute atomic E-state index is 0.00959. The van der Waals surface area contributed by atoms with Crippen molar-refractivity contribution in [1.82, 2.24) is 84.4 Å². The summed E-state index contributed by atoms with van der Waals surface area (Å²) in [7, 11) is 0. The van der Waals surface area contributed by atoms with E-state index >= 15 is 0 Å². The van der Waals surface area contributed by atoms with Gasteiger partial charge >= 0.3 is 0 Å². The normalized spacial score (nSPS) is 18.3. The first-order valence-corrected chi connectivity index (χ1v) is 40.6. The van der Waals surface area contributed by atoms with Crippen molar-refractivity contribution in [2.24, 2.45) is 0 Å². The second-order valence-corrected chi connectivity index (χ2v) is 30.1. The maximum absolute atomic E-state index is 14.2. The Labute approximate surface area is 659 Å². The van der Waals surface area contributed by atoms with Crippen molar-refractivity contribution in [2.45, 2.75) is 154 Å². The van der Waals surface area contributed by atoms with Gasteiger partial charge in [-0.05, 0) is 131 Å². The number of amides is 3. The van der Waals surface area contributed by atoms with Crippen LogP contribution < -0.4 is 21.3 Å². The van der Waals surface area contributed by atoms with Crippen molar-refractivity contribution in [3.05, 3.63) is 290 Å². The first-order valence-electron chi connectivity index (χ1n) is 39.8. The van der Waals surface area contributed by atoms with Gasteiger partial charge in [0, 0.05) is 197 Å². The number of aromatic nitrogens is 8. The van der Waals surface area contributed by atoms with Crippen LogP contribution in [0.5, 0.6) is 0 Å². The van der Waals surface area contributed by atoms with E-state index in [1.807, 2.05) is 143 Å². The van der Waals surface area contributed by atoms with E-state index in [0.29, 0.717) is 52.4 Å². The van der Waals surface area contributed by atoms with E-state index in [-0.39, 0.29) is 47.9 Å². The Bertz CT molecular complexity index is 4340. The summed E-state index contributed by atoms with van der Waals surface area (Å²) in [6.07, 6.45) is 24.6. The molecule has 22 heteroatoms. The zero-order valence-electron chi connectivity index (χ0n) is 64.0. The van der Waals surface area contributed by atoms with Crippen LogP contribution in [-0.4, -0.2) is 178 Å². The fourth-order valence-corrected chi connectivity index (χ4v) is 16.8. The molecule has 5 aliphatic rings. The first kappa shape index (κ1) is 78.9. The quantitative estimate of drug-likeness (QED) is 0.0400. The molecule has 5 atom stereocenters. The van der Waals surface area contributed by atoms with Crippen LogP contribution in [-0.2, 0) is 98.6 Å². The standard InChI is InChI=1S/2C34H39ClN6O.C20H29N5O/c2*1-2-31-37-17-20-39(31)18-7-19-41(23-25-8-4-3-5-9-25)34(42)30-24-40(21-16-36-30)33-29-14-13-28(35)22-27(29)12-11-26-10-6-15-38-32(26)33;1-2-19-23-11-14-24(19)12-6-13-25(16-17-7-4-3-5-8-17)20(26)18-15-21-9-10-22-18/h2*3-6,8-10,13-15,17,20,22,30,33,36H,2,7,11-12,16,18-19,21,23-24H2,1H3;3-5,7-8,11,14,18,21-22H,2,6,9-10,12-13,15-16H2,1H3/t30-,33+;30-,33-;18-/m111/s1. The number of piperazine rings is 3. The van der Waals surface area contributed by atoms with Crippen LogP contribution in [0.4, 0.5) is 0 Å². The Balaban J connectivity index is 0.000000150. The molecule has 3 fully saturated rings. The Morgan fingerprint density at radius 2 is 0.791 bits per heavy atom. The lowest BCUT2D eigenvalue weighted by molar-refractivity contribution is -0.136. The highest BCUT2D eigenvalue weighted by Crippen LogP contribution is 2.39. The monoisotopic (exact) mass is 1520 g/mol. The number of rotatable bonds is 26. The smallest absolute Gasteiger partial charge is 0.241 e. The van der Waals surface area contributed by atoms with Crippen LogP contribution in [0.15, 0.2) is 201 Å². The summed E-state index contributed by atoms with van der Waals surface area (Å²) in [5.41, 5.74) is 13.2. The molecule has 0 spiro atoms. The molecule has 5 aromatic carbocycles. The molecular formula is C88H107Cl2N17O3. The Morgan fingerprint density at radius 3 is 1.16 bits per heavy atom. The average Bonchev–Trinajstić information content (AvgIpc) is 1.53. The number of hydrogen-bond donors (Lipinski definition) is 4. The molecule has 5 aromatic heterocycles. The molecule has 15 rings (SSSR count). The highest BCUT2D eigenvalue weighted by atomic mass is 35.5. The molecule has 0 radical (unpaired) electrons. The van der Waals surface area contributed by atoms with Gasteiger partial charge in [0.1, 0.15) is 17.5 Å². The number of imidazole rings is 3. The van der Waals surface area contributed by atoms with E-state index in [2.05, 4.69) is 153 Å². The number of hydrogen-bond acceptors (Lipinski definition) is 14. The van der Waals surface area contributed by atoms with Crippen LogP contribution >= 0.6 is 23.2 Å². The molecule has 4 N–H and O–H groups in total. The summed E-state index contributed by atoms with van der Waals surface area (Å²) < 4.78 is 6.59. The van der Waals surface area contributed by atoms with E-state index in [1.165, 1.54) is 38.9 Å². The van der Waals surface area contributed by atoms with Gasteiger partial charge in [-0.25, -0.2) is 15.0 Å². The molecule has 110 heavy (non-hydrogen) atoms. The van der Waals surface area contributed by atoms with Gasteiger partial charge < -0.3 is 49.7 Å². The third-order valence-electron chi connectivity index (χ3n) is 22.0. The zero-order chi connectivity index (χ0) is 76.0. The van der Waals surface area contributed by atoms with E-state index in [0.717, 1.165) is 180 Å². The summed E-state index contributed by atoms with van der Waals surface area (Å²) in [5.74, 6) is 3.75. The second-order valence-electron chi connectivity index (χ2n) is 29.3. The predicted molar refractivity (Wildman–Crippen MR) is 436 cm³/mol. The molecule has 10 aromatic rings. The van der Waals surface area contributed by atoms with Gasteiger partial charge in [-0.3, -0.25) is 34.2 Å². The van der Waals surface area contributed by atoms with Crippen LogP contribution in [0.25, 0.3) is 0 Å². The number of pyridine rings is 2. The van der Waals surface area contributed by atoms with Crippen LogP contribution in [0.1, 0.15) is 131 Å². The van der Waals surface area contributed by atoms with Crippen LogP contribution in [0.3, 0.4) is 0 Å². The molecule has 20 nitrogen and oxygen atoms in total. The lowest BCUT2D eigenvalue weighted by Gasteiger charge is -2.40. The number of aryl methyl sites for hydroxylation is 10. The number of halogens is 2. The Hall–Kier alpha value is -9.22. The lowest BCUT2D eigenvalue weighted by atomic mass is 9.95. The third-order valence-corrected chi connectivity index (χ3v) is 22.5. The van der Waals surface area contributed by atoms with Gasteiger partial charge in [-0.15, -0.1) is 0 Å². The highest BCUT2D eigenvalue weighted by molar-refractivity contribution is 6.31. The van der Waals surface area contributed by atoms with Gasteiger partial charge in [0.2, 0.25) is 17.7 Å². The van der Waals surface area contributed by atoms with Gasteiger partial charge in [0.15, 0.2) is 0 Å². The summed E-state index contributed by atoms with van der Waals surface area (Å²) in [5, 5.41) is 15.3. The van der Waals surface area contributed by atoms with Gasteiger partial charge in [-0.2, -0.15) is 0 Å². The number of nitrogens with one attached hydrogen (secondary N) is 4. The summed E-state index contributed by atoms with van der Waals surface area (Å²) in [4.78, 5) is 75.5. The maximum Gasteiger partial charge on any atom is 0.241 e. The van der Waals surface area contributed by atoms with Crippen molar-refractivity contribution < 1.29 is 14.4 Å². The van der Waals surface area contributed by atoms with Crippen molar-refractivity contribution >= 4 is 40.9 Å². The molecule has 0 saturated carbocycles. The number of benzene rings is 5. The largest absolute Gasteiger partial charge is 0.337 e. The summed E-state index contributed by atoms with van der Waals surface area (Å²) in [6, 6.07) is 51.0. The zero-order valence-corrected chi connectivity index (χ0v) is 65.5. The number of fused-ring (bicyclic) bond motifs is 4. The second kappa shape index (κ2) is 39.6. The van der Waals surface area contributed by atoms with Crippen molar-refractivity contribution in [3.63, 3.8) is 0 Å². The van der Waals surface area contributed by atoms with Gasteiger partial charge in [-0.1, -0.05) is 159 Å². The SMILES string of the molecule is CCc1nccn1CCCN(Cc1ccccc1)C(=O)[C@H]1CN([C@@H]2c3ccc(Cl)cc3CCc3cccnc32)CCN1.CCc1nccn1CCCN(Cc1ccccc1)C(=O)[C@H]1CN([C@H]2c3ccc(Cl)cc3CCc3cccnc32)CCN1.CCc1nccn1CCCN(Cc1ccccc1)C(=O)[C@H]1CNCCN1. The van der Waals surface area contributed by atoms with E-state index in [1.54, 1.807) is 0 Å². The number of carbonyl (C=O) groups is 3. The van der Waals surface area contributed by atoms with Gasteiger partial charge in [0.05, 0.1) is 41.6 Å². The molecule has 3 saturated heterocycles. The Morgan fingerprint density at radius 1 is 0.418 bits per heavy atom. The summed E-state index contributed by atoms with van der Waals surface area (Å²) >= 11 is 12.9. The highest BCUT2D eigenvalue weighted by Gasteiger charge is 2.39. The lowest BCUT2D eigenvalue weighted by Crippen LogP contribution is -2.58. The fourth-order valence-electron chi connectivity index (χ4n) is 16.4. The maximum atomic E-state index is 14.2. The molecular weight excluding hydrogens is 1410 g/mol. The van der Waals surface area contributed by atoms with Crippen molar-refractivity contribution in [1.29, 1.82) is 0 Å². The molecule has 0 unspecified atom stereocenters. The van der Waals surface area contributed by atoms with E-state index < -0.39 is 0 Å². The topological polar surface area (TPSA) is 195 Å². The minimum Gasteiger partial charge on any atom is -0.337 e. The molecule has 3 amide bonds. The van der Waals surface area contributed by atoms with Gasteiger partial charge in [0.25, 0.3) is 0 Å².